The lowest BCUT2D eigenvalue weighted by atomic mass is 10.1. The smallest absolute Gasteiger partial charge is 0.225 e. The van der Waals surface area contributed by atoms with Gasteiger partial charge in [0.15, 0.2) is 0 Å². The highest BCUT2D eigenvalue weighted by Gasteiger charge is 2.23. The summed E-state index contributed by atoms with van der Waals surface area (Å²) in [5.74, 6) is 1.31. The van der Waals surface area contributed by atoms with E-state index in [0.717, 1.165) is 38.3 Å². The fourth-order valence-electron chi connectivity index (χ4n) is 2.46. The van der Waals surface area contributed by atoms with Crippen LogP contribution in [0.2, 0.25) is 0 Å². The summed E-state index contributed by atoms with van der Waals surface area (Å²) in [6.45, 7) is 7.50. The first-order valence-electron chi connectivity index (χ1n) is 7.33. The van der Waals surface area contributed by atoms with Crippen LogP contribution in [0.4, 0.5) is 5.69 Å². The molecule has 0 N–H and O–H groups in total. The minimum absolute atomic E-state index is 0.141. The summed E-state index contributed by atoms with van der Waals surface area (Å²) in [6, 6.07) is 8.11. The molecule has 0 saturated carbocycles. The Morgan fingerprint density at radius 3 is 2.30 bits per heavy atom. The van der Waals surface area contributed by atoms with Crippen molar-refractivity contribution in [3.63, 3.8) is 0 Å². The molecule has 0 aliphatic carbocycles. The van der Waals surface area contributed by atoms with Gasteiger partial charge in [-0.1, -0.05) is 13.8 Å². The molecule has 1 saturated heterocycles. The molecule has 1 amide bonds. The number of piperazine rings is 1. The molecule has 20 heavy (non-hydrogen) atoms. The third kappa shape index (κ3) is 3.24. The highest BCUT2D eigenvalue weighted by molar-refractivity contribution is 5.78. The number of nitrogens with zero attached hydrogens (tertiary/aromatic N) is 2. The number of methoxy groups -OCH3 is 1. The van der Waals surface area contributed by atoms with Gasteiger partial charge in [0.1, 0.15) is 5.75 Å². The van der Waals surface area contributed by atoms with Crippen LogP contribution in [0.15, 0.2) is 24.3 Å². The van der Waals surface area contributed by atoms with Crippen molar-refractivity contribution in [2.75, 3.05) is 38.2 Å². The van der Waals surface area contributed by atoms with Crippen LogP contribution in [0, 0.1) is 5.92 Å². The third-order valence-corrected chi connectivity index (χ3v) is 4.06. The maximum Gasteiger partial charge on any atom is 0.225 e. The van der Waals surface area contributed by atoms with E-state index in [-0.39, 0.29) is 5.92 Å². The zero-order valence-electron chi connectivity index (χ0n) is 12.6. The SMILES string of the molecule is CCC(C)C(=O)N1CCN(c2ccc(OC)cc2)CC1. The van der Waals surface area contributed by atoms with Crippen LogP contribution in [-0.4, -0.2) is 44.1 Å². The van der Waals surface area contributed by atoms with Gasteiger partial charge in [0.05, 0.1) is 7.11 Å². The molecule has 1 atom stereocenters. The molecule has 110 valence electrons. The summed E-state index contributed by atoms with van der Waals surface area (Å²) in [4.78, 5) is 16.5. The quantitative estimate of drug-likeness (QED) is 0.846. The van der Waals surface area contributed by atoms with Crippen LogP contribution in [0.25, 0.3) is 0 Å². The molecule has 1 unspecified atom stereocenters. The summed E-state index contributed by atoms with van der Waals surface area (Å²) in [7, 11) is 1.67. The molecule has 0 spiro atoms. The molecule has 1 aromatic rings. The first kappa shape index (κ1) is 14.7. The monoisotopic (exact) mass is 276 g/mol. The fraction of sp³-hybridized carbons (Fsp3) is 0.562. The average molecular weight is 276 g/mol. The molecule has 2 rings (SSSR count). The molecule has 1 fully saturated rings. The van der Waals surface area contributed by atoms with Crippen molar-refractivity contribution in [2.45, 2.75) is 20.3 Å². The Bertz CT molecular complexity index is 436. The Balaban J connectivity index is 1.92. The van der Waals surface area contributed by atoms with E-state index in [9.17, 15) is 4.79 Å². The molecule has 0 aromatic heterocycles. The maximum atomic E-state index is 12.1. The highest BCUT2D eigenvalue weighted by Crippen LogP contribution is 2.21. The van der Waals surface area contributed by atoms with Crippen LogP contribution < -0.4 is 9.64 Å². The minimum Gasteiger partial charge on any atom is -0.497 e. The van der Waals surface area contributed by atoms with Crippen LogP contribution in [0.3, 0.4) is 0 Å². The van der Waals surface area contributed by atoms with E-state index < -0.39 is 0 Å². The Morgan fingerprint density at radius 1 is 1.20 bits per heavy atom. The summed E-state index contributed by atoms with van der Waals surface area (Å²) >= 11 is 0. The number of ether oxygens (including phenoxy) is 1. The third-order valence-electron chi connectivity index (χ3n) is 4.06. The van der Waals surface area contributed by atoms with Crippen LogP contribution in [0.5, 0.6) is 5.75 Å². The molecular formula is C16H24N2O2. The van der Waals surface area contributed by atoms with E-state index in [1.807, 2.05) is 24.0 Å². The molecule has 1 aliphatic heterocycles. The molecule has 1 aromatic carbocycles. The summed E-state index contributed by atoms with van der Waals surface area (Å²) in [6.07, 6.45) is 0.914. The Hall–Kier alpha value is -1.71. The normalized spacial score (nSPS) is 16.9. The van der Waals surface area contributed by atoms with Gasteiger partial charge in [-0.3, -0.25) is 4.79 Å². The van der Waals surface area contributed by atoms with Crippen LogP contribution in [-0.2, 0) is 4.79 Å². The van der Waals surface area contributed by atoms with E-state index in [2.05, 4.69) is 24.0 Å². The molecule has 4 heteroatoms. The second kappa shape index (κ2) is 6.64. The van der Waals surface area contributed by atoms with Crippen LogP contribution in [0.1, 0.15) is 20.3 Å². The van der Waals surface area contributed by atoms with Gasteiger partial charge in [-0.25, -0.2) is 0 Å². The van der Waals surface area contributed by atoms with Gasteiger partial charge < -0.3 is 14.5 Å². The summed E-state index contributed by atoms with van der Waals surface area (Å²) in [5.41, 5.74) is 1.20. The zero-order chi connectivity index (χ0) is 14.5. The minimum atomic E-state index is 0.141. The van der Waals surface area contributed by atoms with Gasteiger partial charge in [-0.15, -0.1) is 0 Å². The van der Waals surface area contributed by atoms with Crippen molar-refractivity contribution >= 4 is 11.6 Å². The number of hydrogen-bond acceptors (Lipinski definition) is 3. The van der Waals surface area contributed by atoms with E-state index in [1.165, 1.54) is 5.69 Å². The van der Waals surface area contributed by atoms with E-state index in [4.69, 9.17) is 4.74 Å². The molecule has 1 heterocycles. The molecule has 4 nitrogen and oxygen atoms in total. The van der Waals surface area contributed by atoms with E-state index in [1.54, 1.807) is 7.11 Å². The van der Waals surface area contributed by atoms with E-state index in [0.29, 0.717) is 5.91 Å². The van der Waals surface area contributed by atoms with Gasteiger partial charge in [-0.05, 0) is 30.7 Å². The number of benzene rings is 1. The van der Waals surface area contributed by atoms with Crippen molar-refractivity contribution < 1.29 is 9.53 Å². The van der Waals surface area contributed by atoms with Crippen molar-refractivity contribution in [3.05, 3.63) is 24.3 Å². The van der Waals surface area contributed by atoms with Gasteiger partial charge in [0, 0.05) is 37.8 Å². The number of amides is 1. The van der Waals surface area contributed by atoms with Crippen molar-refractivity contribution in [1.82, 2.24) is 4.90 Å². The summed E-state index contributed by atoms with van der Waals surface area (Å²) < 4.78 is 5.17. The zero-order valence-corrected chi connectivity index (χ0v) is 12.6. The molecular weight excluding hydrogens is 252 g/mol. The van der Waals surface area contributed by atoms with Gasteiger partial charge >= 0.3 is 0 Å². The predicted molar refractivity (Wildman–Crippen MR) is 81.2 cm³/mol. The summed E-state index contributed by atoms with van der Waals surface area (Å²) in [5, 5.41) is 0. The Labute approximate surface area is 121 Å². The topological polar surface area (TPSA) is 32.8 Å². The first-order valence-corrected chi connectivity index (χ1v) is 7.33. The van der Waals surface area contributed by atoms with Crippen molar-refractivity contribution in [1.29, 1.82) is 0 Å². The molecule has 0 bridgehead atoms. The number of hydrogen-bond donors (Lipinski definition) is 0. The maximum absolute atomic E-state index is 12.1. The van der Waals surface area contributed by atoms with E-state index >= 15 is 0 Å². The Kier molecular flexibility index (Phi) is 4.88. The largest absolute Gasteiger partial charge is 0.497 e. The van der Waals surface area contributed by atoms with Gasteiger partial charge in [0.2, 0.25) is 5.91 Å². The Morgan fingerprint density at radius 2 is 1.80 bits per heavy atom. The van der Waals surface area contributed by atoms with Crippen LogP contribution >= 0.6 is 0 Å². The highest BCUT2D eigenvalue weighted by atomic mass is 16.5. The lowest BCUT2D eigenvalue weighted by Crippen LogP contribution is -2.50. The van der Waals surface area contributed by atoms with Gasteiger partial charge in [-0.2, -0.15) is 0 Å². The predicted octanol–water partition coefficient (Wildman–Crippen LogP) is 2.39. The van der Waals surface area contributed by atoms with Gasteiger partial charge in [0.25, 0.3) is 0 Å². The standard InChI is InChI=1S/C16H24N2O2/c1-4-13(2)16(19)18-11-9-17(10-12-18)14-5-7-15(20-3)8-6-14/h5-8,13H,4,9-12H2,1-3H3. The second-order valence-electron chi connectivity index (χ2n) is 5.32. The number of carbonyl (C=O) groups excluding carboxylic acids is 1. The molecule has 0 radical (unpaired) electrons. The fourth-order valence-corrected chi connectivity index (χ4v) is 2.46. The number of carbonyl (C=O) groups is 1. The molecule has 1 aliphatic rings. The number of rotatable bonds is 4. The lowest BCUT2D eigenvalue weighted by Gasteiger charge is -2.37. The second-order valence-corrected chi connectivity index (χ2v) is 5.32. The number of anilines is 1. The first-order chi connectivity index (χ1) is 9.65. The average Bonchev–Trinajstić information content (AvgIpc) is 2.53. The van der Waals surface area contributed by atoms with Crippen molar-refractivity contribution in [3.8, 4) is 5.75 Å². The van der Waals surface area contributed by atoms with Crippen molar-refractivity contribution in [2.24, 2.45) is 5.92 Å². The lowest BCUT2D eigenvalue weighted by molar-refractivity contribution is -0.135.